The van der Waals surface area contributed by atoms with Gasteiger partial charge in [-0.25, -0.2) is 14.6 Å². The van der Waals surface area contributed by atoms with Crippen LogP contribution in [0.2, 0.25) is 0 Å². The van der Waals surface area contributed by atoms with Crippen molar-refractivity contribution in [3.8, 4) is 0 Å². The lowest BCUT2D eigenvalue weighted by Gasteiger charge is -2.16. The van der Waals surface area contributed by atoms with Gasteiger partial charge in [-0.15, -0.1) is 0 Å². The maximum Gasteiger partial charge on any atom is 0.353 e. The second-order valence-corrected chi connectivity index (χ2v) is 5.06. The topological polar surface area (TPSA) is 61.8 Å². The number of halogens is 1. The number of nitrogens with one attached hydrogen (secondary N) is 1. The summed E-state index contributed by atoms with van der Waals surface area (Å²) in [6.45, 7) is 0.0897. The molecule has 0 bridgehead atoms. The molecule has 0 aromatic heterocycles. The Kier molecular flexibility index (Phi) is 3.68. The first kappa shape index (κ1) is 14.3. The largest absolute Gasteiger partial charge is 0.489 e. The van der Waals surface area contributed by atoms with Crippen molar-refractivity contribution in [1.29, 1.82) is 0 Å². The lowest BCUT2D eigenvalue weighted by atomic mass is 10.0. The summed E-state index contributed by atoms with van der Waals surface area (Å²) in [5.74, 6) is -0.827. The molecule has 1 heterocycles. The van der Waals surface area contributed by atoms with Crippen molar-refractivity contribution in [2.45, 2.75) is 12.6 Å². The molecule has 0 saturated heterocycles. The molecular formula is C16H15FN2O3. The molecule has 1 aromatic carbocycles. The van der Waals surface area contributed by atoms with Gasteiger partial charge in [0.1, 0.15) is 23.9 Å². The molecule has 6 heteroatoms. The van der Waals surface area contributed by atoms with Gasteiger partial charge in [-0.2, -0.15) is 0 Å². The third kappa shape index (κ3) is 2.60. The summed E-state index contributed by atoms with van der Waals surface area (Å²) >= 11 is 0. The van der Waals surface area contributed by atoms with Gasteiger partial charge in [0.05, 0.1) is 6.04 Å². The van der Waals surface area contributed by atoms with Crippen LogP contribution >= 0.6 is 0 Å². The molecule has 2 aliphatic rings. The van der Waals surface area contributed by atoms with Crippen LogP contribution in [0.1, 0.15) is 5.56 Å². The number of aliphatic carboxylic acids is 1. The third-order valence-electron chi connectivity index (χ3n) is 3.58. The van der Waals surface area contributed by atoms with E-state index in [1.165, 1.54) is 11.1 Å². The van der Waals surface area contributed by atoms with Gasteiger partial charge < -0.3 is 14.9 Å². The van der Waals surface area contributed by atoms with E-state index >= 15 is 0 Å². The molecule has 1 unspecified atom stereocenters. The molecule has 5 nitrogen and oxygen atoms in total. The van der Waals surface area contributed by atoms with E-state index in [2.05, 4.69) is 5.43 Å². The van der Waals surface area contributed by atoms with Gasteiger partial charge in [-0.1, -0.05) is 24.3 Å². The molecule has 22 heavy (non-hydrogen) atoms. The van der Waals surface area contributed by atoms with Crippen LogP contribution in [0.15, 0.2) is 59.5 Å². The number of hydrazine groups is 1. The van der Waals surface area contributed by atoms with Crippen LogP contribution in [0.5, 0.6) is 0 Å². The first-order valence-corrected chi connectivity index (χ1v) is 6.79. The summed E-state index contributed by atoms with van der Waals surface area (Å²) in [6, 6.07) is 6.20. The van der Waals surface area contributed by atoms with Crippen molar-refractivity contribution in [3.63, 3.8) is 0 Å². The van der Waals surface area contributed by atoms with Crippen molar-refractivity contribution in [2.24, 2.45) is 0 Å². The smallest absolute Gasteiger partial charge is 0.353 e. The summed E-state index contributed by atoms with van der Waals surface area (Å²) in [6.07, 6.45) is 5.24. The van der Waals surface area contributed by atoms with Gasteiger partial charge in [0.15, 0.2) is 0 Å². The zero-order valence-corrected chi connectivity index (χ0v) is 11.9. The Morgan fingerprint density at radius 2 is 2.23 bits per heavy atom. The number of fused-ring (bicyclic) bond motifs is 1. The van der Waals surface area contributed by atoms with Crippen molar-refractivity contribution in [1.82, 2.24) is 10.4 Å². The van der Waals surface area contributed by atoms with Crippen LogP contribution in [0, 0.1) is 5.82 Å². The zero-order valence-electron chi connectivity index (χ0n) is 11.9. The lowest BCUT2D eigenvalue weighted by Crippen LogP contribution is -2.35. The maximum absolute atomic E-state index is 13.6. The van der Waals surface area contributed by atoms with E-state index in [0.717, 1.165) is 0 Å². The normalized spacial score (nSPS) is 20.0. The number of benzene rings is 1. The van der Waals surface area contributed by atoms with E-state index in [9.17, 15) is 14.3 Å². The van der Waals surface area contributed by atoms with Crippen LogP contribution in [-0.4, -0.2) is 29.2 Å². The van der Waals surface area contributed by atoms with Crippen molar-refractivity contribution in [2.75, 3.05) is 7.05 Å². The zero-order chi connectivity index (χ0) is 15.7. The predicted octanol–water partition coefficient (Wildman–Crippen LogP) is 1.95. The second-order valence-electron chi connectivity index (χ2n) is 5.06. The minimum atomic E-state index is -1.01. The second kappa shape index (κ2) is 5.65. The van der Waals surface area contributed by atoms with Crippen LogP contribution in [0.25, 0.3) is 0 Å². The number of ether oxygens (including phenoxy) is 1. The Hall–Kier alpha value is -2.60. The molecule has 0 amide bonds. The van der Waals surface area contributed by atoms with Crippen molar-refractivity contribution >= 4 is 5.97 Å². The average molecular weight is 302 g/mol. The molecule has 0 saturated carbocycles. The molecule has 1 aromatic rings. The SMILES string of the molecule is CN1NC2C=CC(OCc3ccccc3F)=CC2=C1C(=O)O. The Balaban J connectivity index is 1.80. The molecule has 2 N–H and O–H groups in total. The van der Waals surface area contributed by atoms with E-state index in [1.807, 2.05) is 6.08 Å². The van der Waals surface area contributed by atoms with Crippen LogP contribution in [0.4, 0.5) is 4.39 Å². The van der Waals surface area contributed by atoms with E-state index in [-0.39, 0.29) is 24.2 Å². The van der Waals surface area contributed by atoms with Gasteiger partial charge in [0.2, 0.25) is 0 Å². The van der Waals surface area contributed by atoms with Gasteiger partial charge in [-0.3, -0.25) is 0 Å². The van der Waals surface area contributed by atoms with Gasteiger partial charge in [0.25, 0.3) is 0 Å². The molecule has 114 valence electrons. The summed E-state index contributed by atoms with van der Waals surface area (Å²) in [4.78, 5) is 11.3. The van der Waals surface area contributed by atoms with E-state index in [4.69, 9.17) is 4.74 Å². The minimum Gasteiger partial charge on any atom is -0.489 e. The van der Waals surface area contributed by atoms with Crippen LogP contribution < -0.4 is 5.43 Å². The van der Waals surface area contributed by atoms with Gasteiger partial charge >= 0.3 is 5.97 Å². The molecule has 0 spiro atoms. The fourth-order valence-electron chi connectivity index (χ4n) is 2.51. The number of carboxylic acid groups (broad SMARTS) is 1. The first-order chi connectivity index (χ1) is 10.6. The highest BCUT2D eigenvalue weighted by Gasteiger charge is 2.32. The summed E-state index contributed by atoms with van der Waals surface area (Å²) in [7, 11) is 1.65. The number of hydrogen-bond donors (Lipinski definition) is 2. The summed E-state index contributed by atoms with van der Waals surface area (Å²) in [5, 5.41) is 10.7. The van der Waals surface area contributed by atoms with Crippen molar-refractivity contribution in [3.05, 3.63) is 70.9 Å². The van der Waals surface area contributed by atoms with Gasteiger partial charge in [0, 0.05) is 18.2 Å². The highest BCUT2D eigenvalue weighted by molar-refractivity contribution is 5.88. The molecule has 1 aliphatic carbocycles. The third-order valence-corrected chi connectivity index (χ3v) is 3.58. The Morgan fingerprint density at radius 1 is 1.45 bits per heavy atom. The van der Waals surface area contributed by atoms with E-state index in [1.54, 1.807) is 37.4 Å². The van der Waals surface area contributed by atoms with E-state index in [0.29, 0.717) is 16.9 Å². The molecule has 0 fully saturated rings. The van der Waals surface area contributed by atoms with Crippen LogP contribution in [0.3, 0.4) is 0 Å². The highest BCUT2D eigenvalue weighted by atomic mass is 19.1. The highest BCUT2D eigenvalue weighted by Crippen LogP contribution is 2.27. The number of hydrogen-bond acceptors (Lipinski definition) is 4. The number of carboxylic acids is 1. The number of carbonyl (C=O) groups is 1. The molecule has 0 radical (unpaired) electrons. The predicted molar refractivity (Wildman–Crippen MR) is 77.8 cm³/mol. The Labute approximate surface area is 127 Å². The number of nitrogens with zero attached hydrogens (tertiary/aromatic N) is 1. The molecule has 1 aliphatic heterocycles. The number of likely N-dealkylation sites (N-methyl/N-ethyl adjacent to an activating group) is 1. The van der Waals surface area contributed by atoms with E-state index < -0.39 is 5.97 Å². The average Bonchev–Trinajstić information content (AvgIpc) is 2.81. The summed E-state index contributed by atoms with van der Waals surface area (Å²) in [5.41, 5.74) is 4.28. The molecule has 3 rings (SSSR count). The standard InChI is InChI=1S/C16H15FN2O3/c1-19-15(16(20)21)12-8-11(6-7-14(12)18-19)22-9-10-4-2-3-5-13(10)17/h2-8,14,18H,9H2,1H3,(H,20,21). The number of allylic oxidation sites excluding steroid dienone is 1. The molecule has 1 atom stereocenters. The minimum absolute atomic E-state index is 0.0897. The Bertz CT molecular complexity index is 709. The van der Waals surface area contributed by atoms with Crippen molar-refractivity contribution < 1.29 is 19.0 Å². The number of rotatable bonds is 4. The fourth-order valence-corrected chi connectivity index (χ4v) is 2.51. The lowest BCUT2D eigenvalue weighted by molar-refractivity contribution is -0.134. The Morgan fingerprint density at radius 3 is 2.95 bits per heavy atom. The van der Waals surface area contributed by atoms with Gasteiger partial charge in [-0.05, 0) is 18.2 Å². The summed E-state index contributed by atoms with van der Waals surface area (Å²) < 4.78 is 19.1. The monoisotopic (exact) mass is 302 g/mol. The quantitative estimate of drug-likeness (QED) is 0.890. The fraction of sp³-hybridized carbons (Fsp3) is 0.188. The first-order valence-electron chi connectivity index (χ1n) is 6.79. The maximum atomic E-state index is 13.6. The van der Waals surface area contributed by atoms with Crippen LogP contribution in [-0.2, 0) is 16.1 Å². The molecular weight excluding hydrogens is 287 g/mol.